The number of likely N-dealkylation sites (tertiary alicyclic amines) is 1. The number of guanidine groups is 1. The van der Waals surface area contributed by atoms with Crippen LogP contribution >= 0.6 is 24.0 Å². The molecule has 5 heteroatoms. The van der Waals surface area contributed by atoms with Crippen molar-refractivity contribution in [1.82, 2.24) is 4.90 Å². The number of halogens is 1. The van der Waals surface area contributed by atoms with E-state index in [0.717, 1.165) is 38.6 Å². The van der Waals surface area contributed by atoms with Gasteiger partial charge in [0.15, 0.2) is 5.96 Å². The molecule has 0 aromatic carbocycles. The van der Waals surface area contributed by atoms with Crippen molar-refractivity contribution >= 4 is 29.9 Å². The first-order valence-corrected chi connectivity index (χ1v) is 8.35. The van der Waals surface area contributed by atoms with Crippen molar-refractivity contribution in [2.45, 2.75) is 58.5 Å². The Kier molecular flexibility index (Phi) is 8.94. The van der Waals surface area contributed by atoms with E-state index >= 15 is 0 Å². The van der Waals surface area contributed by atoms with Gasteiger partial charge in [-0.1, -0.05) is 26.7 Å². The molecule has 2 heterocycles. The molecule has 2 saturated heterocycles. The summed E-state index contributed by atoms with van der Waals surface area (Å²) in [5.41, 5.74) is 6.19. The van der Waals surface area contributed by atoms with Crippen molar-refractivity contribution in [2.24, 2.45) is 22.6 Å². The maximum atomic E-state index is 6.19. The molecule has 2 atom stereocenters. The van der Waals surface area contributed by atoms with Gasteiger partial charge in [0.2, 0.25) is 0 Å². The molecule has 21 heavy (non-hydrogen) atoms. The molecular formula is C16H32IN3O. The summed E-state index contributed by atoms with van der Waals surface area (Å²) >= 11 is 0. The maximum Gasteiger partial charge on any atom is 0.191 e. The van der Waals surface area contributed by atoms with Crippen molar-refractivity contribution < 1.29 is 4.74 Å². The van der Waals surface area contributed by atoms with Crippen LogP contribution in [0, 0.1) is 11.8 Å². The summed E-state index contributed by atoms with van der Waals surface area (Å²) in [5.74, 6) is 1.85. The molecule has 2 unspecified atom stereocenters. The summed E-state index contributed by atoms with van der Waals surface area (Å²) in [4.78, 5) is 6.95. The third kappa shape index (κ3) is 5.93. The van der Waals surface area contributed by atoms with Crippen molar-refractivity contribution in [3.8, 4) is 0 Å². The van der Waals surface area contributed by atoms with Crippen molar-refractivity contribution in [1.29, 1.82) is 0 Å². The largest absolute Gasteiger partial charge is 0.378 e. The summed E-state index contributed by atoms with van der Waals surface area (Å²) in [5, 5.41) is 0. The van der Waals surface area contributed by atoms with Gasteiger partial charge in [-0.15, -0.1) is 24.0 Å². The number of hydrogen-bond donors (Lipinski definition) is 1. The lowest BCUT2D eigenvalue weighted by atomic mass is 9.87. The number of rotatable bonds is 3. The lowest BCUT2D eigenvalue weighted by Gasteiger charge is -2.33. The Morgan fingerprint density at radius 1 is 1.19 bits per heavy atom. The van der Waals surface area contributed by atoms with E-state index in [9.17, 15) is 0 Å². The molecule has 4 nitrogen and oxygen atoms in total. The van der Waals surface area contributed by atoms with Gasteiger partial charge in [-0.25, -0.2) is 0 Å². The van der Waals surface area contributed by atoms with Crippen LogP contribution in [0.5, 0.6) is 0 Å². The van der Waals surface area contributed by atoms with Crippen LogP contribution in [0.3, 0.4) is 0 Å². The van der Waals surface area contributed by atoms with Gasteiger partial charge in [0.05, 0.1) is 6.10 Å². The van der Waals surface area contributed by atoms with Crippen molar-refractivity contribution in [3.63, 3.8) is 0 Å². The molecule has 0 amide bonds. The second-order valence-electron chi connectivity index (χ2n) is 6.58. The zero-order valence-corrected chi connectivity index (χ0v) is 15.9. The average Bonchev–Trinajstić information content (AvgIpc) is 2.74. The molecule has 0 aliphatic carbocycles. The Labute approximate surface area is 146 Å². The molecule has 0 aromatic heterocycles. The molecule has 2 aliphatic heterocycles. The first-order chi connectivity index (χ1) is 9.68. The second kappa shape index (κ2) is 9.87. The van der Waals surface area contributed by atoms with Gasteiger partial charge >= 0.3 is 0 Å². The number of ether oxygens (including phenoxy) is 1. The molecule has 0 bridgehead atoms. The van der Waals surface area contributed by atoms with Crippen LogP contribution in [0.4, 0.5) is 0 Å². The van der Waals surface area contributed by atoms with Gasteiger partial charge in [-0.2, -0.15) is 0 Å². The van der Waals surface area contributed by atoms with Crippen LogP contribution in [0.25, 0.3) is 0 Å². The highest BCUT2D eigenvalue weighted by Gasteiger charge is 2.28. The van der Waals surface area contributed by atoms with Crippen LogP contribution in [-0.4, -0.2) is 43.2 Å². The molecule has 0 radical (unpaired) electrons. The zero-order valence-electron chi connectivity index (χ0n) is 13.6. The fraction of sp³-hybridized carbons (Fsp3) is 0.938. The van der Waals surface area contributed by atoms with Gasteiger partial charge in [-0.05, 0) is 31.6 Å². The predicted octanol–water partition coefficient (Wildman–Crippen LogP) is 3.25. The lowest BCUT2D eigenvalue weighted by Crippen LogP contribution is -2.40. The van der Waals surface area contributed by atoms with Crippen molar-refractivity contribution in [3.05, 3.63) is 0 Å². The summed E-state index contributed by atoms with van der Waals surface area (Å²) in [7, 11) is 0. The van der Waals surface area contributed by atoms with Crippen LogP contribution in [0.1, 0.15) is 52.4 Å². The van der Waals surface area contributed by atoms with E-state index < -0.39 is 0 Å². The molecule has 0 saturated carbocycles. The standard InChI is InChI=1S/C16H31N3O.HI/c1-13(2)15-14(8-7-11-20-15)12-18-16(17)19-9-5-3-4-6-10-19;/h13-15H,3-12H2,1-2H3,(H2,17,18);1H. The molecule has 2 fully saturated rings. The maximum absolute atomic E-state index is 6.19. The summed E-state index contributed by atoms with van der Waals surface area (Å²) < 4.78 is 5.93. The van der Waals surface area contributed by atoms with Crippen LogP contribution in [-0.2, 0) is 4.74 Å². The molecule has 0 aromatic rings. The lowest BCUT2D eigenvalue weighted by molar-refractivity contribution is -0.0491. The first kappa shape index (κ1) is 19.0. The summed E-state index contributed by atoms with van der Waals surface area (Å²) in [6.45, 7) is 8.36. The van der Waals surface area contributed by atoms with E-state index in [1.807, 2.05) is 0 Å². The van der Waals surface area contributed by atoms with Crippen LogP contribution < -0.4 is 5.73 Å². The highest BCUT2D eigenvalue weighted by Crippen LogP contribution is 2.26. The monoisotopic (exact) mass is 409 g/mol. The SMILES string of the molecule is CC(C)C1OCCCC1CN=C(N)N1CCCCCC1.I. The second-order valence-corrected chi connectivity index (χ2v) is 6.58. The number of nitrogens with two attached hydrogens (primary N) is 1. The summed E-state index contributed by atoms with van der Waals surface area (Å²) in [6, 6.07) is 0. The fourth-order valence-corrected chi connectivity index (χ4v) is 3.41. The topological polar surface area (TPSA) is 50.9 Å². The zero-order chi connectivity index (χ0) is 14.4. The Hall–Kier alpha value is -0.0400. The predicted molar refractivity (Wildman–Crippen MR) is 99.2 cm³/mol. The van der Waals surface area contributed by atoms with Gasteiger partial charge in [0.1, 0.15) is 0 Å². The van der Waals surface area contributed by atoms with Gasteiger partial charge < -0.3 is 15.4 Å². The van der Waals surface area contributed by atoms with E-state index in [1.165, 1.54) is 32.1 Å². The van der Waals surface area contributed by atoms with E-state index in [4.69, 9.17) is 10.5 Å². The fourth-order valence-electron chi connectivity index (χ4n) is 3.41. The molecular weight excluding hydrogens is 377 g/mol. The Balaban J connectivity index is 0.00000220. The number of aliphatic imine (C=N–C) groups is 1. The van der Waals surface area contributed by atoms with Gasteiger partial charge in [0.25, 0.3) is 0 Å². The average molecular weight is 409 g/mol. The van der Waals surface area contributed by atoms with E-state index in [-0.39, 0.29) is 24.0 Å². The molecule has 124 valence electrons. The van der Waals surface area contributed by atoms with Gasteiger partial charge in [-0.3, -0.25) is 4.99 Å². The van der Waals surface area contributed by atoms with Gasteiger partial charge in [0, 0.05) is 32.2 Å². The van der Waals surface area contributed by atoms with E-state index in [1.54, 1.807) is 0 Å². The molecule has 2 rings (SSSR count). The summed E-state index contributed by atoms with van der Waals surface area (Å²) in [6.07, 6.45) is 7.89. The number of hydrogen-bond acceptors (Lipinski definition) is 2. The molecule has 2 N–H and O–H groups in total. The Bertz CT molecular complexity index is 315. The smallest absolute Gasteiger partial charge is 0.191 e. The highest BCUT2D eigenvalue weighted by molar-refractivity contribution is 14.0. The Morgan fingerprint density at radius 2 is 1.86 bits per heavy atom. The third-order valence-corrected chi connectivity index (χ3v) is 4.57. The molecule has 2 aliphatic rings. The quantitative estimate of drug-likeness (QED) is 0.442. The van der Waals surface area contributed by atoms with E-state index in [0.29, 0.717) is 17.9 Å². The minimum Gasteiger partial charge on any atom is -0.378 e. The Morgan fingerprint density at radius 3 is 2.48 bits per heavy atom. The highest BCUT2D eigenvalue weighted by atomic mass is 127. The first-order valence-electron chi connectivity index (χ1n) is 8.35. The third-order valence-electron chi connectivity index (χ3n) is 4.57. The number of nitrogens with zero attached hydrogens (tertiary/aromatic N) is 2. The van der Waals surface area contributed by atoms with Crippen LogP contribution in [0.15, 0.2) is 4.99 Å². The minimum absolute atomic E-state index is 0. The van der Waals surface area contributed by atoms with E-state index in [2.05, 4.69) is 23.7 Å². The van der Waals surface area contributed by atoms with Crippen LogP contribution in [0.2, 0.25) is 0 Å². The van der Waals surface area contributed by atoms with Crippen molar-refractivity contribution in [2.75, 3.05) is 26.2 Å². The normalized spacial score (nSPS) is 28.1. The minimum atomic E-state index is 0. The molecule has 0 spiro atoms.